The standard InChI is InChI=1S/C24H33N3O4/c1-17-14-22(30-4)23(31-5)15-19(17)16-26-10-12-27(13-11-26)18(2)24(28)25-20-8-6-7-9-21(20)29-3/h6-9,14-15,18H,10-13,16H2,1-5H3,(H,25,28)/t18-/m0/s1. The van der Waals surface area contributed by atoms with Gasteiger partial charge in [0.2, 0.25) is 5.91 Å². The monoisotopic (exact) mass is 427 g/mol. The van der Waals surface area contributed by atoms with Crippen molar-refractivity contribution in [2.75, 3.05) is 52.8 Å². The van der Waals surface area contributed by atoms with E-state index < -0.39 is 0 Å². The van der Waals surface area contributed by atoms with Crippen LogP contribution in [0.25, 0.3) is 0 Å². The highest BCUT2D eigenvalue weighted by atomic mass is 16.5. The molecule has 31 heavy (non-hydrogen) atoms. The quantitative estimate of drug-likeness (QED) is 0.698. The number of hydrogen-bond acceptors (Lipinski definition) is 6. The van der Waals surface area contributed by atoms with Gasteiger partial charge >= 0.3 is 0 Å². The number of rotatable bonds is 8. The number of para-hydroxylation sites is 2. The molecule has 1 fully saturated rings. The lowest BCUT2D eigenvalue weighted by atomic mass is 10.1. The first-order chi connectivity index (χ1) is 15.0. The molecule has 0 bridgehead atoms. The maximum absolute atomic E-state index is 12.8. The van der Waals surface area contributed by atoms with Crippen molar-refractivity contribution in [3.63, 3.8) is 0 Å². The van der Waals surface area contributed by atoms with Crippen molar-refractivity contribution in [1.82, 2.24) is 9.80 Å². The number of aryl methyl sites for hydroxylation is 1. The molecule has 1 heterocycles. The second-order valence-corrected chi connectivity index (χ2v) is 7.81. The molecule has 2 aromatic carbocycles. The highest BCUT2D eigenvalue weighted by Gasteiger charge is 2.26. The molecule has 168 valence electrons. The normalized spacial score (nSPS) is 15.9. The van der Waals surface area contributed by atoms with Gasteiger partial charge in [-0.1, -0.05) is 12.1 Å². The molecule has 0 unspecified atom stereocenters. The smallest absolute Gasteiger partial charge is 0.241 e. The minimum atomic E-state index is -0.213. The Balaban J connectivity index is 1.56. The molecule has 7 heteroatoms. The predicted octanol–water partition coefficient (Wildman–Crippen LogP) is 3.17. The number of piperazine rings is 1. The number of methoxy groups -OCH3 is 3. The molecule has 1 aliphatic rings. The van der Waals surface area contributed by atoms with Crippen molar-refractivity contribution in [2.24, 2.45) is 0 Å². The number of amides is 1. The van der Waals surface area contributed by atoms with Gasteiger partial charge in [-0.15, -0.1) is 0 Å². The maximum Gasteiger partial charge on any atom is 0.241 e. The third-order valence-electron chi connectivity index (χ3n) is 5.93. The summed E-state index contributed by atoms with van der Waals surface area (Å²) in [6.07, 6.45) is 0. The summed E-state index contributed by atoms with van der Waals surface area (Å²) in [5.41, 5.74) is 3.11. The van der Waals surface area contributed by atoms with Gasteiger partial charge in [0.1, 0.15) is 5.75 Å². The summed E-state index contributed by atoms with van der Waals surface area (Å²) < 4.78 is 16.2. The van der Waals surface area contributed by atoms with Crippen LogP contribution in [0.1, 0.15) is 18.1 Å². The van der Waals surface area contributed by atoms with E-state index in [-0.39, 0.29) is 11.9 Å². The summed E-state index contributed by atoms with van der Waals surface area (Å²) in [6.45, 7) is 8.39. The Bertz CT molecular complexity index is 894. The number of carbonyl (C=O) groups excluding carboxylic acids is 1. The summed E-state index contributed by atoms with van der Waals surface area (Å²) >= 11 is 0. The van der Waals surface area contributed by atoms with E-state index in [9.17, 15) is 4.79 Å². The van der Waals surface area contributed by atoms with Crippen molar-refractivity contribution < 1.29 is 19.0 Å². The van der Waals surface area contributed by atoms with Crippen molar-refractivity contribution in [2.45, 2.75) is 26.4 Å². The molecule has 1 atom stereocenters. The zero-order valence-corrected chi connectivity index (χ0v) is 19.1. The van der Waals surface area contributed by atoms with Crippen LogP contribution in [0.5, 0.6) is 17.2 Å². The van der Waals surface area contributed by atoms with Gasteiger partial charge in [-0.25, -0.2) is 0 Å². The van der Waals surface area contributed by atoms with E-state index in [1.807, 2.05) is 37.3 Å². The maximum atomic E-state index is 12.8. The number of carbonyl (C=O) groups is 1. The van der Waals surface area contributed by atoms with Crippen molar-refractivity contribution in [3.05, 3.63) is 47.5 Å². The molecule has 3 rings (SSSR count). The Morgan fingerprint density at radius 3 is 2.23 bits per heavy atom. The first-order valence-corrected chi connectivity index (χ1v) is 10.6. The van der Waals surface area contributed by atoms with Crippen LogP contribution >= 0.6 is 0 Å². The van der Waals surface area contributed by atoms with Gasteiger partial charge in [0.05, 0.1) is 33.1 Å². The van der Waals surface area contributed by atoms with E-state index in [0.29, 0.717) is 11.4 Å². The highest BCUT2D eigenvalue weighted by Crippen LogP contribution is 2.31. The predicted molar refractivity (Wildman–Crippen MR) is 122 cm³/mol. The molecule has 0 aliphatic carbocycles. The van der Waals surface area contributed by atoms with Gasteiger partial charge < -0.3 is 19.5 Å². The fourth-order valence-corrected chi connectivity index (χ4v) is 3.89. The van der Waals surface area contributed by atoms with E-state index in [1.165, 1.54) is 11.1 Å². The lowest BCUT2D eigenvalue weighted by Gasteiger charge is -2.37. The average Bonchev–Trinajstić information content (AvgIpc) is 2.80. The van der Waals surface area contributed by atoms with Crippen LogP contribution in [0.3, 0.4) is 0 Å². The van der Waals surface area contributed by atoms with Crippen LogP contribution < -0.4 is 19.5 Å². The van der Waals surface area contributed by atoms with Gasteiger partial charge in [0.25, 0.3) is 0 Å². The van der Waals surface area contributed by atoms with Crippen LogP contribution in [0.4, 0.5) is 5.69 Å². The molecule has 1 aliphatic heterocycles. The molecule has 0 radical (unpaired) electrons. The largest absolute Gasteiger partial charge is 0.495 e. The zero-order chi connectivity index (χ0) is 22.4. The number of ether oxygens (including phenoxy) is 3. The van der Waals surface area contributed by atoms with Gasteiger partial charge in [-0.05, 0) is 49.2 Å². The summed E-state index contributed by atoms with van der Waals surface area (Å²) in [5.74, 6) is 2.15. The molecule has 1 amide bonds. The van der Waals surface area contributed by atoms with E-state index in [1.54, 1.807) is 21.3 Å². The Kier molecular flexibility index (Phi) is 7.76. The third-order valence-corrected chi connectivity index (χ3v) is 5.93. The SMILES string of the molecule is COc1ccccc1NC(=O)[C@H](C)N1CCN(Cc2cc(OC)c(OC)cc2C)CC1. The number of nitrogens with zero attached hydrogens (tertiary/aromatic N) is 2. The van der Waals surface area contributed by atoms with Crippen LogP contribution in [0.15, 0.2) is 36.4 Å². The Labute approximate surface area is 184 Å². The van der Waals surface area contributed by atoms with Crippen LogP contribution in [-0.4, -0.2) is 69.3 Å². The van der Waals surface area contributed by atoms with Crippen molar-refractivity contribution in [1.29, 1.82) is 0 Å². The second kappa shape index (κ2) is 10.5. The average molecular weight is 428 g/mol. The second-order valence-electron chi connectivity index (χ2n) is 7.81. The minimum absolute atomic E-state index is 0.0197. The number of hydrogen-bond donors (Lipinski definition) is 1. The molecule has 0 saturated carbocycles. The summed E-state index contributed by atoms with van der Waals surface area (Å²) in [4.78, 5) is 17.4. The fourth-order valence-electron chi connectivity index (χ4n) is 3.89. The first kappa shape index (κ1) is 22.9. The van der Waals surface area contributed by atoms with Crippen LogP contribution in [0.2, 0.25) is 0 Å². The Hall–Kier alpha value is -2.77. The lowest BCUT2D eigenvalue weighted by molar-refractivity contribution is -0.121. The molecule has 0 aromatic heterocycles. The summed E-state index contributed by atoms with van der Waals surface area (Å²) in [5, 5.41) is 3.00. The van der Waals surface area contributed by atoms with E-state index in [0.717, 1.165) is 44.2 Å². The van der Waals surface area contributed by atoms with E-state index in [2.05, 4.69) is 28.1 Å². The van der Waals surface area contributed by atoms with E-state index >= 15 is 0 Å². The zero-order valence-electron chi connectivity index (χ0n) is 19.1. The highest BCUT2D eigenvalue weighted by molar-refractivity contribution is 5.95. The molecule has 1 saturated heterocycles. The summed E-state index contributed by atoms with van der Waals surface area (Å²) in [6, 6.07) is 11.3. The first-order valence-electron chi connectivity index (χ1n) is 10.6. The van der Waals surface area contributed by atoms with Gasteiger partial charge in [0, 0.05) is 32.7 Å². The molecule has 2 aromatic rings. The minimum Gasteiger partial charge on any atom is -0.495 e. The Morgan fingerprint density at radius 1 is 0.968 bits per heavy atom. The van der Waals surface area contributed by atoms with Gasteiger partial charge in [-0.2, -0.15) is 0 Å². The molecular weight excluding hydrogens is 394 g/mol. The topological polar surface area (TPSA) is 63.3 Å². The molecule has 1 N–H and O–H groups in total. The molecule has 7 nitrogen and oxygen atoms in total. The van der Waals surface area contributed by atoms with Gasteiger partial charge in [0.15, 0.2) is 11.5 Å². The van der Waals surface area contributed by atoms with Crippen LogP contribution in [-0.2, 0) is 11.3 Å². The summed E-state index contributed by atoms with van der Waals surface area (Å²) in [7, 11) is 4.92. The molecule has 0 spiro atoms. The number of nitrogens with one attached hydrogen (secondary N) is 1. The Morgan fingerprint density at radius 2 is 1.58 bits per heavy atom. The van der Waals surface area contributed by atoms with Crippen molar-refractivity contribution >= 4 is 11.6 Å². The lowest BCUT2D eigenvalue weighted by Crippen LogP contribution is -2.52. The number of benzene rings is 2. The van der Waals surface area contributed by atoms with E-state index in [4.69, 9.17) is 14.2 Å². The third kappa shape index (κ3) is 5.48. The van der Waals surface area contributed by atoms with Crippen molar-refractivity contribution in [3.8, 4) is 17.2 Å². The number of anilines is 1. The van der Waals surface area contributed by atoms with Crippen LogP contribution in [0, 0.1) is 6.92 Å². The molecular formula is C24H33N3O4. The fraction of sp³-hybridized carbons (Fsp3) is 0.458. The van der Waals surface area contributed by atoms with Gasteiger partial charge in [-0.3, -0.25) is 14.6 Å².